The maximum Gasteiger partial charge on any atom is 0.277 e. The molecule has 0 atom stereocenters. The van der Waals surface area contributed by atoms with Crippen LogP contribution in [0, 0.1) is 12.7 Å². The van der Waals surface area contributed by atoms with Crippen molar-refractivity contribution >= 4 is 17.5 Å². The van der Waals surface area contributed by atoms with Gasteiger partial charge in [-0.15, -0.1) is 0 Å². The van der Waals surface area contributed by atoms with Crippen LogP contribution in [0.3, 0.4) is 0 Å². The monoisotopic (exact) mass is 294 g/mol. The number of methoxy groups -OCH3 is 1. The van der Waals surface area contributed by atoms with Crippen LogP contribution in [0.2, 0.25) is 0 Å². The molecule has 2 rings (SSSR count). The number of halogens is 1. The maximum absolute atomic E-state index is 13.9. The van der Waals surface area contributed by atoms with Gasteiger partial charge in [0, 0.05) is 12.1 Å². The fourth-order valence-corrected chi connectivity index (χ4v) is 2.02. The summed E-state index contributed by atoms with van der Waals surface area (Å²) in [4.78, 5) is 24.4. The Morgan fingerprint density at radius 3 is 2.71 bits per heavy atom. The molecule has 0 fully saturated rings. The summed E-state index contributed by atoms with van der Waals surface area (Å²) in [5, 5.41) is 11.4. The Morgan fingerprint density at radius 2 is 2.10 bits per heavy atom. The lowest BCUT2D eigenvalue weighted by atomic mass is 10.2. The van der Waals surface area contributed by atoms with Gasteiger partial charge >= 0.3 is 0 Å². The number of aliphatic hydroxyl groups excluding tert-OH is 1. The van der Waals surface area contributed by atoms with Gasteiger partial charge in [-0.2, -0.15) is 0 Å². The lowest BCUT2D eigenvalue weighted by molar-refractivity contribution is -0.137. The van der Waals surface area contributed by atoms with Crippen molar-refractivity contribution < 1.29 is 23.8 Å². The number of amides is 2. The second kappa shape index (κ2) is 5.92. The summed E-state index contributed by atoms with van der Waals surface area (Å²) < 4.78 is 19.0. The quantitative estimate of drug-likeness (QED) is 0.785. The van der Waals surface area contributed by atoms with Gasteiger partial charge in [0.2, 0.25) is 0 Å². The zero-order valence-electron chi connectivity index (χ0n) is 11.6. The number of hydrogen-bond acceptors (Lipinski definition) is 5. The van der Waals surface area contributed by atoms with Crippen LogP contribution >= 0.6 is 0 Å². The number of aryl methyl sites for hydroxylation is 1. The van der Waals surface area contributed by atoms with E-state index in [4.69, 9.17) is 9.84 Å². The lowest BCUT2D eigenvalue weighted by Crippen LogP contribution is -2.34. The maximum atomic E-state index is 13.9. The van der Waals surface area contributed by atoms with Crippen LogP contribution in [0.4, 0.5) is 10.1 Å². The van der Waals surface area contributed by atoms with Gasteiger partial charge in [0.1, 0.15) is 17.3 Å². The molecule has 2 N–H and O–H groups in total. The average Bonchev–Trinajstić information content (AvgIpc) is 2.70. The van der Waals surface area contributed by atoms with E-state index in [1.54, 1.807) is 6.92 Å². The molecule has 1 aromatic carbocycles. The minimum absolute atomic E-state index is 0.0377. The molecule has 1 heterocycles. The van der Waals surface area contributed by atoms with E-state index in [-0.39, 0.29) is 24.5 Å². The first kappa shape index (κ1) is 15.0. The number of ether oxygens (including phenoxy) is 1. The van der Waals surface area contributed by atoms with Crippen LogP contribution in [0.5, 0.6) is 5.75 Å². The van der Waals surface area contributed by atoms with E-state index in [1.165, 1.54) is 19.2 Å². The average molecular weight is 294 g/mol. The number of rotatable bonds is 5. The summed E-state index contributed by atoms with van der Waals surface area (Å²) in [6.07, 6.45) is 1.07. The molecule has 0 saturated heterocycles. The molecule has 0 aromatic heterocycles. The zero-order chi connectivity index (χ0) is 15.6. The number of carbonyl (C=O) groups excluding carboxylic acids is 2. The number of aliphatic hydroxyl groups is 1. The molecule has 0 bridgehead atoms. The largest absolute Gasteiger partial charge is 0.496 e. The zero-order valence-corrected chi connectivity index (χ0v) is 11.6. The Balaban J connectivity index is 2.25. The van der Waals surface area contributed by atoms with Gasteiger partial charge in [0.15, 0.2) is 0 Å². The highest BCUT2D eigenvalue weighted by molar-refractivity contribution is 6.17. The first-order chi connectivity index (χ1) is 9.97. The Bertz CT molecular complexity index is 628. The molecule has 2 amide bonds. The van der Waals surface area contributed by atoms with Crippen molar-refractivity contribution in [3.05, 3.63) is 35.3 Å². The molecule has 112 valence electrons. The Hall–Kier alpha value is -2.41. The first-order valence-electron chi connectivity index (χ1n) is 6.27. The van der Waals surface area contributed by atoms with Crippen molar-refractivity contribution in [3.63, 3.8) is 0 Å². The number of carbonyl (C=O) groups is 2. The molecule has 0 radical (unpaired) electrons. The number of nitrogens with one attached hydrogen (secondary N) is 1. The van der Waals surface area contributed by atoms with E-state index in [9.17, 15) is 14.0 Å². The smallest absolute Gasteiger partial charge is 0.277 e. The standard InChI is InChI=1S/C14H15FN2O4/c1-8-5-9(15)10(6-12(8)21-2)16-11-7-13(19)17(3-4-18)14(11)20/h5-7,16,18H,3-4H2,1-2H3. The molecule has 0 spiro atoms. The molecule has 1 aliphatic heterocycles. The van der Waals surface area contributed by atoms with E-state index in [1.807, 2.05) is 0 Å². The topological polar surface area (TPSA) is 78.9 Å². The third-order valence-corrected chi connectivity index (χ3v) is 3.09. The number of hydrogen-bond donors (Lipinski definition) is 2. The van der Waals surface area contributed by atoms with Crippen LogP contribution in [-0.2, 0) is 9.59 Å². The van der Waals surface area contributed by atoms with Gasteiger partial charge in [0.25, 0.3) is 11.8 Å². The number of β-amino-alcohol motifs (C(OH)–C–C–N with tert-alkyl or cyclic N) is 1. The van der Waals surface area contributed by atoms with Crippen molar-refractivity contribution in [3.8, 4) is 5.75 Å². The van der Waals surface area contributed by atoms with E-state index < -0.39 is 17.6 Å². The summed E-state index contributed by atoms with van der Waals surface area (Å²) in [5.41, 5.74) is 0.610. The second-order valence-electron chi connectivity index (χ2n) is 4.50. The molecule has 1 aliphatic rings. The molecule has 0 aliphatic carbocycles. The summed E-state index contributed by atoms with van der Waals surface area (Å²) in [6.45, 7) is 1.27. The molecule has 1 aromatic rings. The van der Waals surface area contributed by atoms with E-state index in [0.29, 0.717) is 11.3 Å². The molecule has 6 nitrogen and oxygen atoms in total. The first-order valence-corrected chi connectivity index (χ1v) is 6.27. The van der Waals surface area contributed by atoms with Crippen molar-refractivity contribution in [1.29, 1.82) is 0 Å². The number of imide groups is 1. The molecule has 0 unspecified atom stereocenters. The molecule has 7 heteroatoms. The molecular weight excluding hydrogens is 279 g/mol. The summed E-state index contributed by atoms with van der Waals surface area (Å²) in [7, 11) is 1.45. The van der Waals surface area contributed by atoms with Gasteiger partial charge < -0.3 is 15.2 Å². The second-order valence-corrected chi connectivity index (χ2v) is 4.50. The van der Waals surface area contributed by atoms with Crippen LogP contribution in [0.15, 0.2) is 23.9 Å². The number of anilines is 1. The summed E-state index contributed by atoms with van der Waals surface area (Å²) in [6, 6.07) is 2.69. The third kappa shape index (κ3) is 2.87. The molecule has 21 heavy (non-hydrogen) atoms. The van der Waals surface area contributed by atoms with Gasteiger partial charge in [-0.3, -0.25) is 14.5 Å². The Labute approximate surface area is 120 Å². The third-order valence-electron chi connectivity index (χ3n) is 3.09. The summed E-state index contributed by atoms with van der Waals surface area (Å²) in [5.74, 6) is -1.25. The van der Waals surface area contributed by atoms with Crippen molar-refractivity contribution in [2.75, 3.05) is 25.6 Å². The molecule has 0 saturated carbocycles. The van der Waals surface area contributed by atoms with Crippen molar-refractivity contribution in [1.82, 2.24) is 4.90 Å². The van der Waals surface area contributed by atoms with Crippen LogP contribution in [0.25, 0.3) is 0 Å². The highest BCUT2D eigenvalue weighted by atomic mass is 19.1. The van der Waals surface area contributed by atoms with Crippen LogP contribution in [-0.4, -0.2) is 42.1 Å². The van der Waals surface area contributed by atoms with Gasteiger partial charge in [0.05, 0.1) is 25.9 Å². The minimum atomic E-state index is -0.604. The van der Waals surface area contributed by atoms with Gasteiger partial charge in [-0.1, -0.05) is 0 Å². The summed E-state index contributed by atoms with van der Waals surface area (Å²) >= 11 is 0. The highest BCUT2D eigenvalue weighted by Gasteiger charge is 2.31. The van der Waals surface area contributed by atoms with Crippen LogP contribution < -0.4 is 10.1 Å². The van der Waals surface area contributed by atoms with E-state index in [0.717, 1.165) is 11.0 Å². The normalized spacial score (nSPS) is 14.5. The van der Waals surface area contributed by atoms with Gasteiger partial charge in [-0.25, -0.2) is 4.39 Å². The van der Waals surface area contributed by atoms with E-state index in [2.05, 4.69) is 5.32 Å². The SMILES string of the molecule is COc1cc(NC2=CC(=O)N(CCO)C2=O)c(F)cc1C. The molecular formula is C14H15FN2O4. The Kier molecular flexibility index (Phi) is 4.23. The Morgan fingerprint density at radius 1 is 1.38 bits per heavy atom. The highest BCUT2D eigenvalue weighted by Crippen LogP contribution is 2.27. The van der Waals surface area contributed by atoms with Crippen molar-refractivity contribution in [2.24, 2.45) is 0 Å². The van der Waals surface area contributed by atoms with Crippen molar-refractivity contribution in [2.45, 2.75) is 6.92 Å². The van der Waals surface area contributed by atoms with Crippen LogP contribution in [0.1, 0.15) is 5.56 Å². The van der Waals surface area contributed by atoms with Gasteiger partial charge in [-0.05, 0) is 18.6 Å². The minimum Gasteiger partial charge on any atom is -0.496 e. The number of nitrogens with zero attached hydrogens (tertiary/aromatic N) is 1. The predicted octanol–water partition coefficient (Wildman–Crippen LogP) is 0.800. The fraction of sp³-hybridized carbons (Fsp3) is 0.286. The van der Waals surface area contributed by atoms with E-state index >= 15 is 0 Å². The predicted molar refractivity (Wildman–Crippen MR) is 73.2 cm³/mol. The number of benzene rings is 1. The lowest BCUT2D eigenvalue weighted by Gasteiger charge is -2.14. The fourth-order valence-electron chi connectivity index (χ4n) is 2.02.